The molecular formula is C13H19NO4S2. The van der Waals surface area contributed by atoms with Gasteiger partial charge in [-0.15, -0.1) is 11.3 Å². The highest BCUT2D eigenvalue weighted by molar-refractivity contribution is 7.91. The Kier molecular flexibility index (Phi) is 4.14. The zero-order valence-electron chi connectivity index (χ0n) is 11.1. The minimum absolute atomic E-state index is 0.0354. The van der Waals surface area contributed by atoms with Gasteiger partial charge in [-0.3, -0.25) is 0 Å². The van der Waals surface area contributed by atoms with Crippen molar-refractivity contribution in [3.63, 3.8) is 0 Å². The van der Waals surface area contributed by atoms with Crippen LogP contribution < -0.4 is 4.72 Å². The summed E-state index contributed by atoms with van der Waals surface area (Å²) >= 11 is 1.22. The average Bonchev–Trinajstić information content (AvgIpc) is 2.95. The molecule has 0 aromatic carbocycles. The SMILES string of the molecule is O=S(=O)(NC1CCOC1C1CC1)c1ccc(CCO)s1. The Morgan fingerprint density at radius 2 is 2.15 bits per heavy atom. The molecule has 112 valence electrons. The molecule has 3 rings (SSSR count). The molecule has 1 aromatic rings. The third kappa shape index (κ3) is 3.07. The molecule has 2 aliphatic rings. The number of rotatable bonds is 6. The van der Waals surface area contributed by atoms with Gasteiger partial charge in [0.05, 0.1) is 12.1 Å². The molecule has 0 amide bonds. The van der Waals surface area contributed by atoms with Crippen LogP contribution in [0, 0.1) is 5.92 Å². The fourth-order valence-electron chi connectivity index (χ4n) is 2.63. The second-order valence-corrected chi connectivity index (χ2v) is 8.49. The molecule has 0 radical (unpaired) electrons. The maximum atomic E-state index is 12.4. The number of aliphatic hydroxyl groups is 1. The fourth-order valence-corrected chi connectivity index (χ4v) is 5.27. The fraction of sp³-hybridized carbons (Fsp3) is 0.692. The van der Waals surface area contributed by atoms with Gasteiger partial charge in [0, 0.05) is 24.5 Å². The van der Waals surface area contributed by atoms with Crippen LogP contribution >= 0.6 is 11.3 Å². The molecule has 0 spiro atoms. The van der Waals surface area contributed by atoms with E-state index in [-0.39, 0.29) is 18.8 Å². The molecule has 2 fully saturated rings. The Morgan fingerprint density at radius 1 is 1.35 bits per heavy atom. The summed E-state index contributed by atoms with van der Waals surface area (Å²) < 4.78 is 33.5. The lowest BCUT2D eigenvalue weighted by Crippen LogP contribution is -2.41. The molecule has 2 atom stereocenters. The molecular weight excluding hydrogens is 298 g/mol. The molecule has 2 heterocycles. The monoisotopic (exact) mass is 317 g/mol. The van der Waals surface area contributed by atoms with Crippen LogP contribution in [0.5, 0.6) is 0 Å². The van der Waals surface area contributed by atoms with Crippen LogP contribution in [-0.4, -0.2) is 38.9 Å². The van der Waals surface area contributed by atoms with E-state index in [9.17, 15) is 8.42 Å². The van der Waals surface area contributed by atoms with E-state index in [4.69, 9.17) is 9.84 Å². The van der Waals surface area contributed by atoms with Crippen LogP contribution in [0.2, 0.25) is 0 Å². The van der Waals surface area contributed by atoms with E-state index in [1.807, 2.05) is 0 Å². The van der Waals surface area contributed by atoms with E-state index in [2.05, 4.69) is 4.72 Å². The molecule has 5 nitrogen and oxygen atoms in total. The topological polar surface area (TPSA) is 75.6 Å². The van der Waals surface area contributed by atoms with Gasteiger partial charge in [-0.25, -0.2) is 13.1 Å². The van der Waals surface area contributed by atoms with Crippen molar-refractivity contribution in [2.45, 2.75) is 42.0 Å². The highest BCUT2D eigenvalue weighted by Crippen LogP contribution is 2.39. The number of ether oxygens (including phenoxy) is 1. The molecule has 1 saturated heterocycles. The van der Waals surface area contributed by atoms with Crippen molar-refractivity contribution < 1.29 is 18.3 Å². The number of thiophene rings is 1. The summed E-state index contributed by atoms with van der Waals surface area (Å²) in [7, 11) is -3.47. The van der Waals surface area contributed by atoms with Crippen molar-refractivity contribution in [2.24, 2.45) is 5.92 Å². The first-order valence-electron chi connectivity index (χ1n) is 6.93. The third-order valence-corrected chi connectivity index (χ3v) is 6.92. The number of hydrogen-bond donors (Lipinski definition) is 2. The third-order valence-electron chi connectivity index (χ3n) is 3.79. The summed E-state index contributed by atoms with van der Waals surface area (Å²) in [4.78, 5) is 0.884. The molecule has 2 unspecified atom stereocenters. The lowest BCUT2D eigenvalue weighted by atomic mass is 10.1. The summed E-state index contributed by atoms with van der Waals surface area (Å²) in [6.45, 7) is 0.669. The smallest absolute Gasteiger partial charge is 0.250 e. The average molecular weight is 317 g/mol. The van der Waals surface area contributed by atoms with Crippen molar-refractivity contribution in [3.05, 3.63) is 17.0 Å². The first-order chi connectivity index (χ1) is 9.60. The van der Waals surface area contributed by atoms with Crippen molar-refractivity contribution in [1.29, 1.82) is 0 Å². The zero-order chi connectivity index (χ0) is 14.2. The van der Waals surface area contributed by atoms with Gasteiger partial charge < -0.3 is 9.84 Å². The summed E-state index contributed by atoms with van der Waals surface area (Å²) in [6, 6.07) is 3.27. The molecule has 0 bridgehead atoms. The second-order valence-electron chi connectivity index (χ2n) is 5.38. The van der Waals surface area contributed by atoms with Crippen LogP contribution in [0.15, 0.2) is 16.3 Å². The Hall–Kier alpha value is -0.470. The standard InChI is InChI=1S/C13H19NO4S2/c15-7-5-10-3-4-12(19-10)20(16,17)14-11-6-8-18-13(11)9-1-2-9/h3-4,9,11,13-15H,1-2,5-8H2. The molecule has 1 aliphatic carbocycles. The highest BCUT2D eigenvalue weighted by atomic mass is 32.2. The number of nitrogens with one attached hydrogen (secondary N) is 1. The Balaban J connectivity index is 1.70. The highest BCUT2D eigenvalue weighted by Gasteiger charge is 2.42. The van der Waals surface area contributed by atoms with Crippen LogP contribution in [0.1, 0.15) is 24.1 Å². The minimum Gasteiger partial charge on any atom is -0.396 e. The van der Waals surface area contributed by atoms with Crippen LogP contribution in [0.25, 0.3) is 0 Å². The van der Waals surface area contributed by atoms with E-state index in [0.717, 1.165) is 24.1 Å². The van der Waals surface area contributed by atoms with E-state index < -0.39 is 10.0 Å². The van der Waals surface area contributed by atoms with Crippen molar-refractivity contribution >= 4 is 21.4 Å². The van der Waals surface area contributed by atoms with Crippen LogP contribution in [-0.2, 0) is 21.2 Å². The number of aliphatic hydroxyl groups excluding tert-OH is 1. The lowest BCUT2D eigenvalue weighted by Gasteiger charge is -2.18. The van der Waals surface area contributed by atoms with Crippen LogP contribution in [0.3, 0.4) is 0 Å². The maximum Gasteiger partial charge on any atom is 0.250 e. The van der Waals surface area contributed by atoms with Gasteiger partial charge in [-0.2, -0.15) is 0 Å². The summed E-state index contributed by atoms with van der Waals surface area (Å²) in [5, 5.41) is 8.89. The largest absolute Gasteiger partial charge is 0.396 e. The summed E-state index contributed by atoms with van der Waals surface area (Å²) in [5.74, 6) is 0.526. The number of sulfonamides is 1. The molecule has 1 aliphatic heterocycles. The van der Waals surface area contributed by atoms with E-state index in [1.165, 1.54) is 11.3 Å². The van der Waals surface area contributed by atoms with Crippen molar-refractivity contribution in [3.8, 4) is 0 Å². The second kappa shape index (κ2) is 5.73. The van der Waals surface area contributed by atoms with Crippen molar-refractivity contribution in [1.82, 2.24) is 4.72 Å². The van der Waals surface area contributed by atoms with Gasteiger partial charge >= 0.3 is 0 Å². The first kappa shape index (κ1) is 14.5. The van der Waals surface area contributed by atoms with E-state index in [1.54, 1.807) is 12.1 Å². The van der Waals surface area contributed by atoms with Gasteiger partial charge in [0.2, 0.25) is 10.0 Å². The normalized spacial score (nSPS) is 27.1. The van der Waals surface area contributed by atoms with Gasteiger partial charge in [0.1, 0.15) is 4.21 Å². The predicted octanol–water partition coefficient (Wildman–Crippen LogP) is 1.13. The van der Waals surface area contributed by atoms with E-state index >= 15 is 0 Å². The summed E-state index contributed by atoms with van der Waals surface area (Å²) in [6.07, 6.45) is 3.57. The molecule has 7 heteroatoms. The predicted molar refractivity (Wildman–Crippen MR) is 76.3 cm³/mol. The Labute approximate surface area is 123 Å². The van der Waals surface area contributed by atoms with Crippen molar-refractivity contribution in [2.75, 3.05) is 13.2 Å². The summed E-state index contributed by atoms with van der Waals surface area (Å²) in [5.41, 5.74) is 0. The first-order valence-corrected chi connectivity index (χ1v) is 9.23. The number of hydrogen-bond acceptors (Lipinski definition) is 5. The van der Waals surface area contributed by atoms with Gasteiger partial charge in [0.15, 0.2) is 0 Å². The zero-order valence-corrected chi connectivity index (χ0v) is 12.8. The Morgan fingerprint density at radius 3 is 2.85 bits per heavy atom. The van der Waals surface area contributed by atoms with Gasteiger partial charge in [0.25, 0.3) is 0 Å². The minimum atomic E-state index is -3.47. The molecule has 1 aromatic heterocycles. The van der Waals surface area contributed by atoms with Crippen LogP contribution in [0.4, 0.5) is 0 Å². The van der Waals surface area contributed by atoms with E-state index in [0.29, 0.717) is 23.2 Å². The molecule has 20 heavy (non-hydrogen) atoms. The van der Waals surface area contributed by atoms with Gasteiger partial charge in [-0.1, -0.05) is 0 Å². The Bertz CT molecular complexity index is 565. The molecule has 2 N–H and O–H groups in total. The quantitative estimate of drug-likeness (QED) is 0.825. The maximum absolute atomic E-state index is 12.4. The molecule has 1 saturated carbocycles. The van der Waals surface area contributed by atoms with Gasteiger partial charge in [-0.05, 0) is 37.3 Å². The lowest BCUT2D eigenvalue weighted by molar-refractivity contribution is 0.0848.